The van der Waals surface area contributed by atoms with Crippen molar-refractivity contribution in [1.82, 2.24) is 19.9 Å². The summed E-state index contributed by atoms with van der Waals surface area (Å²) in [7, 11) is 0. The second-order valence-corrected chi connectivity index (χ2v) is 6.28. The van der Waals surface area contributed by atoms with E-state index in [9.17, 15) is 4.79 Å². The van der Waals surface area contributed by atoms with E-state index in [1.807, 2.05) is 24.3 Å². The highest BCUT2D eigenvalue weighted by atomic mass is 16.5. The van der Waals surface area contributed by atoms with Gasteiger partial charge in [-0.15, -0.1) is 5.10 Å². The molecule has 116 valence electrons. The van der Waals surface area contributed by atoms with E-state index in [1.165, 1.54) is 17.5 Å². The van der Waals surface area contributed by atoms with Gasteiger partial charge in [-0.25, -0.2) is 0 Å². The van der Waals surface area contributed by atoms with Crippen molar-refractivity contribution in [3.05, 3.63) is 34.6 Å². The maximum Gasteiger partial charge on any atom is 0.278 e. The molecule has 0 unspecified atom stereocenters. The molecule has 0 spiro atoms. The summed E-state index contributed by atoms with van der Waals surface area (Å²) >= 11 is 0. The molecular formula is C16H20N4O2. The van der Waals surface area contributed by atoms with E-state index in [0.29, 0.717) is 29.5 Å². The predicted octanol–water partition coefficient (Wildman–Crippen LogP) is 1.25. The van der Waals surface area contributed by atoms with E-state index in [0.717, 1.165) is 26.2 Å². The molecule has 0 radical (unpaired) electrons. The number of ether oxygens (including phenoxy) is 1. The van der Waals surface area contributed by atoms with Crippen molar-refractivity contribution >= 4 is 10.9 Å². The van der Waals surface area contributed by atoms with Crippen molar-refractivity contribution in [2.45, 2.75) is 32.0 Å². The summed E-state index contributed by atoms with van der Waals surface area (Å²) in [5, 5.41) is 8.92. The highest BCUT2D eigenvalue weighted by molar-refractivity contribution is 5.76. The minimum atomic E-state index is -0.0566. The van der Waals surface area contributed by atoms with Crippen LogP contribution in [0.2, 0.25) is 0 Å². The summed E-state index contributed by atoms with van der Waals surface area (Å²) in [6.45, 7) is 3.20. The number of hydrogen-bond acceptors (Lipinski definition) is 5. The fourth-order valence-electron chi connectivity index (χ4n) is 3.11. The number of benzene rings is 1. The highest BCUT2D eigenvalue weighted by Gasteiger charge is 2.32. The molecule has 4 rings (SSSR count). The number of rotatable bonds is 5. The first-order valence-electron chi connectivity index (χ1n) is 7.95. The summed E-state index contributed by atoms with van der Waals surface area (Å²) in [5.41, 5.74) is 0.602. The average molecular weight is 300 g/mol. The van der Waals surface area contributed by atoms with Crippen LogP contribution in [-0.4, -0.2) is 45.7 Å². The molecule has 2 aliphatic rings. The van der Waals surface area contributed by atoms with Gasteiger partial charge in [-0.2, -0.15) is 4.68 Å². The fourth-order valence-corrected chi connectivity index (χ4v) is 3.11. The van der Waals surface area contributed by atoms with Gasteiger partial charge in [-0.3, -0.25) is 9.69 Å². The van der Waals surface area contributed by atoms with E-state index in [4.69, 9.17) is 4.74 Å². The van der Waals surface area contributed by atoms with Crippen molar-refractivity contribution in [2.75, 3.05) is 19.8 Å². The standard InChI is InChI=1S/C16H20N4O2/c21-16-14-3-1-2-4-15(14)17-18-20(16)11-19(13-5-6-13)9-12-7-8-22-10-12/h1-4,12-13H,5-11H2/t12-/m0/s1. The van der Waals surface area contributed by atoms with Crippen molar-refractivity contribution in [2.24, 2.45) is 5.92 Å². The van der Waals surface area contributed by atoms with Crippen LogP contribution in [0.1, 0.15) is 19.3 Å². The molecule has 1 aliphatic carbocycles. The second kappa shape index (κ2) is 5.78. The van der Waals surface area contributed by atoms with Crippen LogP contribution in [-0.2, 0) is 11.4 Å². The molecule has 22 heavy (non-hydrogen) atoms. The van der Waals surface area contributed by atoms with Crippen LogP contribution in [0.3, 0.4) is 0 Å². The summed E-state index contributed by atoms with van der Waals surface area (Å²) in [6, 6.07) is 7.96. The summed E-state index contributed by atoms with van der Waals surface area (Å²) < 4.78 is 6.96. The lowest BCUT2D eigenvalue weighted by Crippen LogP contribution is -2.38. The third kappa shape index (κ3) is 2.76. The smallest absolute Gasteiger partial charge is 0.278 e. The van der Waals surface area contributed by atoms with Crippen molar-refractivity contribution < 1.29 is 4.74 Å². The molecule has 1 saturated heterocycles. The normalized spacial score (nSPS) is 21.8. The molecule has 6 nitrogen and oxygen atoms in total. The van der Waals surface area contributed by atoms with Crippen molar-refractivity contribution in [3.8, 4) is 0 Å². The topological polar surface area (TPSA) is 60.2 Å². The molecule has 1 aliphatic heterocycles. The zero-order valence-electron chi connectivity index (χ0n) is 12.5. The maximum absolute atomic E-state index is 12.6. The lowest BCUT2D eigenvalue weighted by atomic mass is 10.1. The monoisotopic (exact) mass is 300 g/mol. The quantitative estimate of drug-likeness (QED) is 0.831. The highest BCUT2D eigenvalue weighted by Crippen LogP contribution is 2.29. The first-order chi connectivity index (χ1) is 10.8. The number of hydrogen-bond donors (Lipinski definition) is 0. The van der Waals surface area contributed by atoms with Crippen LogP contribution in [0.15, 0.2) is 29.1 Å². The first kappa shape index (κ1) is 13.8. The Kier molecular flexibility index (Phi) is 3.63. The van der Waals surface area contributed by atoms with Crippen LogP contribution in [0, 0.1) is 5.92 Å². The molecule has 2 fully saturated rings. The minimum absolute atomic E-state index is 0.0566. The van der Waals surface area contributed by atoms with Crippen LogP contribution >= 0.6 is 0 Å². The molecule has 1 atom stereocenters. The Labute approximate surface area is 128 Å². The van der Waals surface area contributed by atoms with Crippen LogP contribution in [0.4, 0.5) is 0 Å². The molecule has 2 heterocycles. The van der Waals surface area contributed by atoms with Gasteiger partial charge in [0.1, 0.15) is 5.52 Å². The Morgan fingerprint density at radius 1 is 1.27 bits per heavy atom. The predicted molar refractivity (Wildman–Crippen MR) is 82.5 cm³/mol. The van der Waals surface area contributed by atoms with Gasteiger partial charge in [-0.1, -0.05) is 17.3 Å². The van der Waals surface area contributed by atoms with Crippen molar-refractivity contribution in [3.63, 3.8) is 0 Å². The van der Waals surface area contributed by atoms with Gasteiger partial charge in [0.25, 0.3) is 5.56 Å². The largest absolute Gasteiger partial charge is 0.381 e. The summed E-state index contributed by atoms with van der Waals surface area (Å²) in [5.74, 6) is 0.574. The van der Waals surface area contributed by atoms with Crippen LogP contribution in [0.25, 0.3) is 10.9 Å². The van der Waals surface area contributed by atoms with Crippen LogP contribution < -0.4 is 5.56 Å². The van der Waals surface area contributed by atoms with E-state index in [1.54, 1.807) is 0 Å². The Morgan fingerprint density at radius 3 is 2.91 bits per heavy atom. The Morgan fingerprint density at radius 2 is 2.14 bits per heavy atom. The Bertz CT molecular complexity index is 719. The van der Waals surface area contributed by atoms with E-state index < -0.39 is 0 Å². The summed E-state index contributed by atoms with van der Waals surface area (Å²) in [6.07, 6.45) is 3.54. The first-order valence-corrected chi connectivity index (χ1v) is 7.95. The van der Waals surface area contributed by atoms with E-state index in [2.05, 4.69) is 15.2 Å². The van der Waals surface area contributed by atoms with Gasteiger partial charge in [0.05, 0.1) is 18.7 Å². The van der Waals surface area contributed by atoms with Gasteiger partial charge in [0.2, 0.25) is 0 Å². The van der Waals surface area contributed by atoms with E-state index >= 15 is 0 Å². The fraction of sp³-hybridized carbons (Fsp3) is 0.562. The van der Waals surface area contributed by atoms with E-state index in [-0.39, 0.29) is 5.56 Å². The average Bonchev–Trinajstić information content (AvgIpc) is 3.27. The molecule has 0 bridgehead atoms. The zero-order chi connectivity index (χ0) is 14.9. The van der Waals surface area contributed by atoms with Gasteiger partial charge in [0, 0.05) is 19.2 Å². The Balaban J connectivity index is 1.57. The lowest BCUT2D eigenvalue weighted by molar-refractivity contribution is 0.139. The van der Waals surface area contributed by atoms with Gasteiger partial charge < -0.3 is 4.74 Å². The number of nitrogens with zero attached hydrogens (tertiary/aromatic N) is 4. The maximum atomic E-state index is 12.6. The molecule has 2 aromatic rings. The molecule has 1 saturated carbocycles. The van der Waals surface area contributed by atoms with Crippen LogP contribution in [0.5, 0.6) is 0 Å². The lowest BCUT2D eigenvalue weighted by Gasteiger charge is -2.24. The molecule has 6 heteroatoms. The molecule has 1 aromatic carbocycles. The zero-order valence-corrected chi connectivity index (χ0v) is 12.5. The number of aromatic nitrogens is 3. The second-order valence-electron chi connectivity index (χ2n) is 6.28. The summed E-state index contributed by atoms with van der Waals surface area (Å²) in [4.78, 5) is 14.9. The van der Waals surface area contributed by atoms with Gasteiger partial charge >= 0.3 is 0 Å². The van der Waals surface area contributed by atoms with Gasteiger partial charge in [0.15, 0.2) is 0 Å². The molecule has 1 aromatic heterocycles. The number of fused-ring (bicyclic) bond motifs is 1. The SMILES string of the molecule is O=c1c2ccccc2nnn1CN(C[C@@H]1CCOC1)C1CC1. The van der Waals surface area contributed by atoms with Gasteiger partial charge in [-0.05, 0) is 37.3 Å². The molecular weight excluding hydrogens is 280 g/mol. The third-order valence-electron chi connectivity index (χ3n) is 4.52. The Hall–Kier alpha value is -1.79. The molecule has 0 N–H and O–H groups in total. The van der Waals surface area contributed by atoms with Crippen molar-refractivity contribution in [1.29, 1.82) is 0 Å². The third-order valence-corrected chi connectivity index (χ3v) is 4.52. The molecule has 0 amide bonds. The minimum Gasteiger partial charge on any atom is -0.381 e.